The van der Waals surface area contributed by atoms with E-state index in [-0.39, 0.29) is 0 Å². The SMILES string of the molecule is CCCOc1ccc([C@@H]2C[C@H]3C=C(c4[nH]nc(-c5ccc(F)c(F)c5)c4-c4ccncc4)CCN3C2)cc1. The van der Waals surface area contributed by atoms with Crippen LogP contribution in [0.1, 0.15) is 43.4 Å². The molecule has 2 aromatic carbocycles. The lowest BCUT2D eigenvalue weighted by Gasteiger charge is -2.28. The summed E-state index contributed by atoms with van der Waals surface area (Å²) < 4.78 is 33.5. The molecule has 2 aromatic heterocycles. The van der Waals surface area contributed by atoms with E-state index < -0.39 is 11.6 Å². The molecule has 0 aliphatic carbocycles. The van der Waals surface area contributed by atoms with Gasteiger partial charge in [0.2, 0.25) is 0 Å². The Bertz CT molecular complexity index is 1450. The lowest BCUT2D eigenvalue weighted by Crippen LogP contribution is -2.32. The van der Waals surface area contributed by atoms with Crippen molar-refractivity contribution >= 4 is 5.57 Å². The number of nitrogens with one attached hydrogen (secondary N) is 1. The lowest BCUT2D eigenvalue weighted by atomic mass is 9.91. The molecule has 0 spiro atoms. The Morgan fingerprint density at radius 2 is 1.82 bits per heavy atom. The molecule has 0 unspecified atom stereocenters. The number of ether oxygens (including phenoxy) is 1. The third-order valence-electron chi connectivity index (χ3n) is 7.59. The second-order valence-corrected chi connectivity index (χ2v) is 10.0. The van der Waals surface area contributed by atoms with Gasteiger partial charge in [0, 0.05) is 42.7 Å². The van der Waals surface area contributed by atoms with Crippen molar-refractivity contribution in [3.63, 3.8) is 0 Å². The van der Waals surface area contributed by atoms with E-state index >= 15 is 0 Å². The van der Waals surface area contributed by atoms with Crippen LogP contribution in [0.5, 0.6) is 5.75 Å². The first kappa shape index (κ1) is 24.5. The van der Waals surface area contributed by atoms with E-state index in [1.165, 1.54) is 17.2 Å². The number of rotatable bonds is 7. The first-order chi connectivity index (χ1) is 18.6. The summed E-state index contributed by atoms with van der Waals surface area (Å²) in [5.41, 5.74) is 6.42. The molecule has 0 amide bonds. The molecule has 4 aromatic rings. The van der Waals surface area contributed by atoms with Crippen molar-refractivity contribution in [1.29, 1.82) is 0 Å². The van der Waals surface area contributed by atoms with Crippen LogP contribution in [0.15, 0.2) is 73.1 Å². The summed E-state index contributed by atoms with van der Waals surface area (Å²) in [4.78, 5) is 6.71. The van der Waals surface area contributed by atoms with Crippen molar-refractivity contribution in [2.24, 2.45) is 0 Å². The second kappa shape index (κ2) is 10.5. The van der Waals surface area contributed by atoms with Gasteiger partial charge in [0.05, 0.1) is 12.3 Å². The molecule has 1 saturated heterocycles. The number of hydrogen-bond donors (Lipinski definition) is 1. The molecule has 5 nitrogen and oxygen atoms in total. The smallest absolute Gasteiger partial charge is 0.159 e. The van der Waals surface area contributed by atoms with E-state index in [0.717, 1.165) is 67.6 Å². The summed E-state index contributed by atoms with van der Waals surface area (Å²) in [5.74, 6) is -0.366. The number of hydrogen-bond acceptors (Lipinski definition) is 4. The molecule has 2 atom stereocenters. The molecule has 0 saturated carbocycles. The highest BCUT2D eigenvalue weighted by Gasteiger charge is 2.35. The van der Waals surface area contributed by atoms with E-state index in [0.29, 0.717) is 23.2 Å². The molecule has 7 heteroatoms. The highest BCUT2D eigenvalue weighted by Crippen LogP contribution is 2.42. The van der Waals surface area contributed by atoms with E-state index in [2.05, 4.69) is 57.3 Å². The van der Waals surface area contributed by atoms with Crippen molar-refractivity contribution in [3.8, 4) is 28.1 Å². The van der Waals surface area contributed by atoms with Gasteiger partial charge in [-0.05, 0) is 84.3 Å². The molecule has 0 radical (unpaired) electrons. The molecule has 2 aliphatic rings. The molecular formula is C31H30F2N4O. The van der Waals surface area contributed by atoms with Gasteiger partial charge in [-0.3, -0.25) is 15.0 Å². The molecule has 1 N–H and O–H groups in total. The molecule has 6 rings (SSSR count). The lowest BCUT2D eigenvalue weighted by molar-refractivity contribution is 0.285. The van der Waals surface area contributed by atoms with E-state index in [9.17, 15) is 8.78 Å². The fourth-order valence-corrected chi connectivity index (χ4v) is 5.68. The minimum atomic E-state index is -0.887. The van der Waals surface area contributed by atoms with Crippen LogP contribution < -0.4 is 4.74 Å². The van der Waals surface area contributed by atoms with Crippen molar-refractivity contribution in [2.45, 2.75) is 38.1 Å². The Kier molecular flexibility index (Phi) is 6.77. The number of pyridine rings is 1. The zero-order valence-electron chi connectivity index (χ0n) is 21.3. The molecule has 4 heterocycles. The maximum Gasteiger partial charge on any atom is 0.159 e. The van der Waals surface area contributed by atoms with Crippen molar-refractivity contribution in [1.82, 2.24) is 20.1 Å². The Morgan fingerprint density at radius 3 is 2.58 bits per heavy atom. The highest BCUT2D eigenvalue weighted by molar-refractivity contribution is 5.89. The van der Waals surface area contributed by atoms with E-state index in [1.807, 2.05) is 12.1 Å². The van der Waals surface area contributed by atoms with Gasteiger partial charge in [0.1, 0.15) is 11.4 Å². The van der Waals surface area contributed by atoms with Crippen LogP contribution in [-0.4, -0.2) is 45.8 Å². The Morgan fingerprint density at radius 1 is 1.00 bits per heavy atom. The quantitative estimate of drug-likeness (QED) is 0.294. The predicted molar refractivity (Wildman–Crippen MR) is 145 cm³/mol. The van der Waals surface area contributed by atoms with Crippen molar-refractivity contribution < 1.29 is 13.5 Å². The average molecular weight is 513 g/mol. The minimum Gasteiger partial charge on any atom is -0.494 e. The Labute approximate surface area is 221 Å². The van der Waals surface area contributed by atoms with Crippen LogP contribution in [0.25, 0.3) is 28.0 Å². The topological polar surface area (TPSA) is 54.0 Å². The van der Waals surface area contributed by atoms with Gasteiger partial charge in [-0.1, -0.05) is 25.1 Å². The van der Waals surface area contributed by atoms with Gasteiger partial charge < -0.3 is 4.74 Å². The number of nitrogens with zero attached hydrogens (tertiary/aromatic N) is 3. The second-order valence-electron chi connectivity index (χ2n) is 10.0. The van der Waals surface area contributed by atoms with Crippen LogP contribution in [-0.2, 0) is 0 Å². The van der Waals surface area contributed by atoms with Gasteiger partial charge in [-0.15, -0.1) is 0 Å². The van der Waals surface area contributed by atoms with Crippen LogP contribution in [0, 0.1) is 11.6 Å². The number of aromatic nitrogens is 3. The first-order valence-corrected chi connectivity index (χ1v) is 13.2. The van der Waals surface area contributed by atoms with Crippen LogP contribution in [0.4, 0.5) is 8.78 Å². The zero-order chi connectivity index (χ0) is 26.1. The fraction of sp³-hybridized carbons (Fsp3) is 0.290. The average Bonchev–Trinajstić information content (AvgIpc) is 3.59. The third-order valence-corrected chi connectivity index (χ3v) is 7.59. The van der Waals surface area contributed by atoms with Crippen molar-refractivity contribution in [2.75, 3.05) is 19.7 Å². The molecule has 0 bridgehead atoms. The first-order valence-electron chi connectivity index (χ1n) is 13.2. The third kappa shape index (κ3) is 4.74. The molecular weight excluding hydrogens is 482 g/mol. The highest BCUT2D eigenvalue weighted by atomic mass is 19.2. The van der Waals surface area contributed by atoms with Gasteiger partial charge >= 0.3 is 0 Å². The van der Waals surface area contributed by atoms with Crippen LogP contribution in [0.3, 0.4) is 0 Å². The minimum absolute atomic E-state index is 0.333. The van der Waals surface area contributed by atoms with Gasteiger partial charge in [0.25, 0.3) is 0 Å². The molecule has 38 heavy (non-hydrogen) atoms. The normalized spacial score (nSPS) is 19.3. The van der Waals surface area contributed by atoms with Crippen LogP contribution >= 0.6 is 0 Å². The van der Waals surface area contributed by atoms with Gasteiger partial charge in [-0.25, -0.2) is 8.78 Å². The predicted octanol–water partition coefficient (Wildman–Crippen LogP) is 6.85. The Hall–Kier alpha value is -3.84. The number of fused-ring (bicyclic) bond motifs is 1. The van der Waals surface area contributed by atoms with E-state index in [1.54, 1.807) is 18.5 Å². The molecule has 1 fully saturated rings. The molecule has 194 valence electrons. The number of halogens is 2. The Balaban J connectivity index is 1.30. The summed E-state index contributed by atoms with van der Waals surface area (Å²) >= 11 is 0. The maximum absolute atomic E-state index is 14.1. The van der Waals surface area contributed by atoms with Crippen molar-refractivity contribution in [3.05, 3.63) is 96.0 Å². The summed E-state index contributed by atoms with van der Waals surface area (Å²) in [6, 6.07) is 16.7. The summed E-state index contributed by atoms with van der Waals surface area (Å²) in [5, 5.41) is 7.82. The number of aromatic amines is 1. The standard InChI is InChI=1S/C31H30F2N4O/c1-2-15-38-26-6-3-20(4-7-26)24-17-25-16-23(11-14-37(25)19-24)31-29(21-9-12-34-13-10-21)30(35-36-31)22-5-8-27(32)28(33)18-22/h3-10,12-13,16,18,24-25H,2,11,14-15,17,19H2,1H3,(H,35,36)/t24-,25-/m1/s1. The maximum atomic E-state index is 14.1. The summed E-state index contributed by atoms with van der Waals surface area (Å²) in [6.07, 6.45) is 8.75. The zero-order valence-corrected chi connectivity index (χ0v) is 21.3. The van der Waals surface area contributed by atoms with Crippen LogP contribution in [0.2, 0.25) is 0 Å². The number of benzene rings is 2. The monoisotopic (exact) mass is 512 g/mol. The summed E-state index contributed by atoms with van der Waals surface area (Å²) in [7, 11) is 0. The summed E-state index contributed by atoms with van der Waals surface area (Å²) in [6.45, 7) is 4.83. The molecule has 2 aliphatic heterocycles. The fourth-order valence-electron chi connectivity index (χ4n) is 5.68. The van der Waals surface area contributed by atoms with Gasteiger partial charge in [-0.2, -0.15) is 5.10 Å². The largest absolute Gasteiger partial charge is 0.494 e. The van der Waals surface area contributed by atoms with Gasteiger partial charge in [0.15, 0.2) is 11.6 Å². The van der Waals surface area contributed by atoms with E-state index in [4.69, 9.17) is 4.74 Å². The number of H-pyrrole nitrogens is 1.